The van der Waals surface area contributed by atoms with Crippen molar-refractivity contribution in [3.05, 3.63) is 158 Å². The van der Waals surface area contributed by atoms with E-state index >= 15 is 0 Å². The molecule has 0 radical (unpaired) electrons. The Balaban J connectivity index is 4.63. The van der Waals surface area contributed by atoms with Gasteiger partial charge in [0.1, 0.15) is 13.2 Å². The lowest BCUT2D eigenvalue weighted by Crippen LogP contribution is -2.30. The predicted molar refractivity (Wildman–Crippen MR) is 306 cm³/mol. The standard InChI is InChI=1S/C65H100O6/c1-4-7-10-13-16-19-22-25-28-31-33-35-37-40-43-46-49-52-55-58-64(67)70-61-62(60-69-63(66)57-54-51-48-45-42-39-36-30-27-24-21-18-15-12-9-6-3)71-65(68)59-56-53-50-47-44-41-38-34-32-29-26-23-20-17-14-11-8-5-2/h7,9-10,12,16,18-19,21,23,25-30,32-35,38-40,42-43,48,51,62H,4-6,8,11,13-15,17,20,22,24,31,36-37,41,44-47,49-50,52-61H2,1-3H3/b10-7-,12-9-,19-16-,21-18-,26-23-,28-25-,30-27-,32-29-,35-33-,38-34-,42-39-,43-40-,51-48-. The second-order valence-corrected chi connectivity index (χ2v) is 17.8. The quantitative estimate of drug-likeness (QED) is 0.0199. The highest BCUT2D eigenvalue weighted by molar-refractivity contribution is 5.71. The van der Waals surface area contributed by atoms with E-state index in [1.807, 2.05) is 12.2 Å². The molecule has 0 aromatic rings. The van der Waals surface area contributed by atoms with E-state index in [2.05, 4.69) is 167 Å². The van der Waals surface area contributed by atoms with Crippen LogP contribution in [-0.4, -0.2) is 37.2 Å². The van der Waals surface area contributed by atoms with Crippen LogP contribution in [0.15, 0.2) is 158 Å². The summed E-state index contributed by atoms with van der Waals surface area (Å²) in [4.78, 5) is 38.1. The van der Waals surface area contributed by atoms with E-state index in [9.17, 15) is 14.4 Å². The van der Waals surface area contributed by atoms with Crippen LogP contribution in [0, 0.1) is 0 Å². The fourth-order valence-electron chi connectivity index (χ4n) is 6.93. The number of unbranched alkanes of at least 4 members (excludes halogenated alkanes) is 13. The Bertz CT molecular complexity index is 1640. The molecule has 0 N–H and O–H groups in total. The lowest BCUT2D eigenvalue weighted by atomic mass is 10.1. The van der Waals surface area contributed by atoms with Crippen LogP contribution in [0.5, 0.6) is 0 Å². The molecule has 0 spiro atoms. The molecule has 0 saturated heterocycles. The molecule has 0 aliphatic carbocycles. The predicted octanol–water partition coefficient (Wildman–Crippen LogP) is 19.0. The van der Waals surface area contributed by atoms with Gasteiger partial charge in [-0.25, -0.2) is 0 Å². The molecule has 0 rings (SSSR count). The SMILES string of the molecule is CC/C=C\C/C=C\C/C=C\C/C=C\C/C=C\CCCCCC(=O)OCC(COC(=O)CC/C=C\C/C=C\C/C=C\C/C=C\C/C=C\CC)OC(=O)CCCCCCC\C=C/C=C\C=C/CCCCCCC. The van der Waals surface area contributed by atoms with E-state index in [0.29, 0.717) is 12.8 Å². The zero-order chi connectivity index (χ0) is 51.4. The van der Waals surface area contributed by atoms with Crippen molar-refractivity contribution >= 4 is 17.9 Å². The smallest absolute Gasteiger partial charge is 0.306 e. The van der Waals surface area contributed by atoms with Gasteiger partial charge in [-0.15, -0.1) is 0 Å². The van der Waals surface area contributed by atoms with Crippen LogP contribution in [-0.2, 0) is 28.6 Å². The van der Waals surface area contributed by atoms with Gasteiger partial charge in [-0.05, 0) is 122 Å². The molecule has 0 heterocycles. The van der Waals surface area contributed by atoms with Gasteiger partial charge in [0, 0.05) is 19.3 Å². The Morgan fingerprint density at radius 2 is 0.634 bits per heavy atom. The molecule has 0 bridgehead atoms. The zero-order valence-electron chi connectivity index (χ0n) is 45.2. The summed E-state index contributed by atoms with van der Waals surface area (Å²) in [6, 6.07) is 0. The van der Waals surface area contributed by atoms with Crippen molar-refractivity contribution in [1.29, 1.82) is 0 Å². The Hall–Kier alpha value is -4.97. The number of ether oxygens (including phenoxy) is 3. The van der Waals surface area contributed by atoms with Crippen molar-refractivity contribution < 1.29 is 28.6 Å². The maximum atomic E-state index is 12.9. The van der Waals surface area contributed by atoms with Crippen molar-refractivity contribution in [2.24, 2.45) is 0 Å². The molecular formula is C65H100O6. The summed E-state index contributed by atoms with van der Waals surface area (Å²) in [5.74, 6) is -1.08. The minimum absolute atomic E-state index is 0.134. The fraction of sp³-hybridized carbons (Fsp3) is 0.554. The lowest BCUT2D eigenvalue weighted by Gasteiger charge is -2.18. The summed E-state index contributed by atoms with van der Waals surface area (Å²) >= 11 is 0. The third kappa shape index (κ3) is 55.8. The monoisotopic (exact) mass is 977 g/mol. The molecule has 0 aliphatic heterocycles. The van der Waals surface area contributed by atoms with Gasteiger partial charge in [0.25, 0.3) is 0 Å². The Morgan fingerprint density at radius 1 is 0.310 bits per heavy atom. The molecular weight excluding hydrogens is 877 g/mol. The van der Waals surface area contributed by atoms with Crippen LogP contribution in [0.25, 0.3) is 0 Å². The van der Waals surface area contributed by atoms with Crippen LogP contribution in [0.3, 0.4) is 0 Å². The van der Waals surface area contributed by atoms with Gasteiger partial charge in [-0.1, -0.05) is 230 Å². The topological polar surface area (TPSA) is 78.9 Å². The van der Waals surface area contributed by atoms with Crippen LogP contribution in [0.1, 0.15) is 213 Å². The molecule has 0 saturated carbocycles. The van der Waals surface area contributed by atoms with Crippen LogP contribution in [0.2, 0.25) is 0 Å². The molecule has 0 aromatic carbocycles. The Labute approximate surface area is 435 Å². The van der Waals surface area contributed by atoms with Crippen LogP contribution < -0.4 is 0 Å². The number of esters is 3. The lowest BCUT2D eigenvalue weighted by molar-refractivity contribution is -0.166. The molecule has 71 heavy (non-hydrogen) atoms. The first kappa shape index (κ1) is 66.0. The number of hydrogen-bond acceptors (Lipinski definition) is 6. The highest BCUT2D eigenvalue weighted by atomic mass is 16.6. The van der Waals surface area contributed by atoms with E-state index in [0.717, 1.165) is 135 Å². The van der Waals surface area contributed by atoms with Gasteiger partial charge in [0.05, 0.1) is 0 Å². The third-order valence-electron chi connectivity index (χ3n) is 11.1. The van der Waals surface area contributed by atoms with E-state index in [1.54, 1.807) is 0 Å². The second-order valence-electron chi connectivity index (χ2n) is 17.8. The summed E-state index contributed by atoms with van der Waals surface area (Å²) in [6.45, 7) is 6.26. The zero-order valence-corrected chi connectivity index (χ0v) is 45.2. The highest BCUT2D eigenvalue weighted by Crippen LogP contribution is 2.12. The van der Waals surface area contributed by atoms with Gasteiger partial charge in [0.15, 0.2) is 6.10 Å². The van der Waals surface area contributed by atoms with Gasteiger partial charge < -0.3 is 14.2 Å². The largest absolute Gasteiger partial charge is 0.462 e. The van der Waals surface area contributed by atoms with Crippen molar-refractivity contribution in [2.45, 2.75) is 219 Å². The Morgan fingerprint density at radius 3 is 1.07 bits per heavy atom. The molecule has 1 unspecified atom stereocenters. The molecule has 1 atom stereocenters. The van der Waals surface area contributed by atoms with Gasteiger partial charge >= 0.3 is 17.9 Å². The highest BCUT2D eigenvalue weighted by Gasteiger charge is 2.19. The number of allylic oxidation sites excluding steroid dienone is 26. The van der Waals surface area contributed by atoms with E-state index in [-0.39, 0.29) is 44.0 Å². The van der Waals surface area contributed by atoms with E-state index in [1.165, 1.54) is 32.1 Å². The first-order valence-corrected chi connectivity index (χ1v) is 28.0. The minimum atomic E-state index is -0.841. The summed E-state index contributed by atoms with van der Waals surface area (Å²) in [5, 5.41) is 0. The fourth-order valence-corrected chi connectivity index (χ4v) is 6.93. The summed E-state index contributed by atoms with van der Waals surface area (Å²) in [6.07, 6.45) is 83.8. The van der Waals surface area contributed by atoms with Crippen LogP contribution in [0.4, 0.5) is 0 Å². The molecule has 6 nitrogen and oxygen atoms in total. The molecule has 0 aliphatic rings. The Kier molecular flexibility index (Phi) is 53.6. The number of carbonyl (C=O) groups excluding carboxylic acids is 3. The molecule has 0 amide bonds. The molecule has 0 fully saturated rings. The first-order chi connectivity index (χ1) is 35.0. The molecule has 6 heteroatoms. The van der Waals surface area contributed by atoms with Crippen molar-refractivity contribution in [3.63, 3.8) is 0 Å². The van der Waals surface area contributed by atoms with Crippen molar-refractivity contribution in [2.75, 3.05) is 13.2 Å². The van der Waals surface area contributed by atoms with E-state index < -0.39 is 6.10 Å². The number of carbonyl (C=O) groups is 3. The first-order valence-electron chi connectivity index (χ1n) is 28.0. The van der Waals surface area contributed by atoms with Gasteiger partial charge in [0.2, 0.25) is 0 Å². The summed E-state index contributed by atoms with van der Waals surface area (Å²) in [5.41, 5.74) is 0. The number of hydrogen-bond donors (Lipinski definition) is 0. The van der Waals surface area contributed by atoms with Crippen molar-refractivity contribution in [1.82, 2.24) is 0 Å². The maximum Gasteiger partial charge on any atom is 0.306 e. The van der Waals surface area contributed by atoms with Gasteiger partial charge in [-0.3, -0.25) is 14.4 Å². The average Bonchev–Trinajstić information content (AvgIpc) is 3.37. The van der Waals surface area contributed by atoms with Crippen molar-refractivity contribution in [3.8, 4) is 0 Å². The average molecular weight is 978 g/mol. The summed E-state index contributed by atoms with van der Waals surface area (Å²) in [7, 11) is 0. The molecule has 396 valence electrons. The maximum absolute atomic E-state index is 12.9. The normalized spacial score (nSPS) is 13.3. The van der Waals surface area contributed by atoms with Gasteiger partial charge in [-0.2, -0.15) is 0 Å². The van der Waals surface area contributed by atoms with E-state index in [4.69, 9.17) is 14.2 Å². The summed E-state index contributed by atoms with van der Waals surface area (Å²) < 4.78 is 16.7. The number of rotatable bonds is 48. The third-order valence-corrected chi connectivity index (χ3v) is 11.1. The minimum Gasteiger partial charge on any atom is -0.462 e. The molecule has 0 aromatic heterocycles. The van der Waals surface area contributed by atoms with Crippen LogP contribution >= 0.6 is 0 Å². The second kappa shape index (κ2) is 57.6.